The number of ether oxygens (including phenoxy) is 2. The zero-order valence-corrected chi connectivity index (χ0v) is 17.3. The molecular weight excluding hydrogens is 394 g/mol. The third kappa shape index (κ3) is 4.87. The monoisotopic (exact) mass is 417 g/mol. The summed E-state index contributed by atoms with van der Waals surface area (Å²) in [5.41, 5.74) is 2.51. The van der Waals surface area contributed by atoms with Gasteiger partial charge in [0.05, 0.1) is 0 Å². The molecule has 2 aliphatic rings. The van der Waals surface area contributed by atoms with Crippen molar-refractivity contribution < 1.29 is 9.47 Å². The molecule has 0 aliphatic carbocycles. The number of piperazine rings is 1. The maximum atomic E-state index is 5.93. The average Bonchev–Trinajstić information content (AvgIpc) is 3.18. The van der Waals surface area contributed by atoms with Crippen LogP contribution >= 0.6 is 23.8 Å². The van der Waals surface area contributed by atoms with Crippen LogP contribution in [0, 0.1) is 0 Å². The summed E-state index contributed by atoms with van der Waals surface area (Å²) >= 11 is 11.5. The predicted octanol–water partition coefficient (Wildman–Crippen LogP) is 3.30. The molecule has 0 radical (unpaired) electrons. The van der Waals surface area contributed by atoms with Gasteiger partial charge in [-0.25, -0.2) is 0 Å². The van der Waals surface area contributed by atoms with Gasteiger partial charge < -0.3 is 19.7 Å². The number of nitrogens with one attached hydrogen (secondary N) is 1. The molecule has 2 heterocycles. The van der Waals surface area contributed by atoms with Gasteiger partial charge in [-0.15, -0.1) is 0 Å². The van der Waals surface area contributed by atoms with Crippen molar-refractivity contribution in [1.29, 1.82) is 0 Å². The highest BCUT2D eigenvalue weighted by Crippen LogP contribution is 2.32. The summed E-state index contributed by atoms with van der Waals surface area (Å²) in [6, 6.07) is 14.2. The zero-order valence-electron chi connectivity index (χ0n) is 15.7. The Hall–Kier alpha value is -2.02. The predicted molar refractivity (Wildman–Crippen MR) is 115 cm³/mol. The molecule has 5 nitrogen and oxygen atoms in total. The molecule has 2 aliphatic heterocycles. The third-order valence-corrected chi connectivity index (χ3v) is 5.76. The van der Waals surface area contributed by atoms with Gasteiger partial charge >= 0.3 is 0 Å². The average molecular weight is 418 g/mol. The quantitative estimate of drug-likeness (QED) is 0.752. The van der Waals surface area contributed by atoms with Gasteiger partial charge in [0.15, 0.2) is 16.6 Å². The second-order valence-corrected chi connectivity index (χ2v) is 7.88. The van der Waals surface area contributed by atoms with Crippen molar-refractivity contribution in [3.8, 4) is 11.5 Å². The molecule has 2 aromatic rings. The fourth-order valence-electron chi connectivity index (χ4n) is 3.48. The molecule has 1 fully saturated rings. The molecular formula is C21H24ClN3O2S. The highest BCUT2D eigenvalue weighted by molar-refractivity contribution is 7.80. The van der Waals surface area contributed by atoms with E-state index in [1.165, 1.54) is 11.1 Å². The number of halogens is 1. The molecule has 0 atom stereocenters. The lowest BCUT2D eigenvalue weighted by atomic mass is 10.1. The summed E-state index contributed by atoms with van der Waals surface area (Å²) in [6.45, 7) is 5.94. The molecule has 1 saturated heterocycles. The lowest BCUT2D eigenvalue weighted by molar-refractivity contribution is 0.172. The van der Waals surface area contributed by atoms with Crippen molar-refractivity contribution >= 4 is 28.9 Å². The van der Waals surface area contributed by atoms with Crippen LogP contribution < -0.4 is 14.8 Å². The lowest BCUT2D eigenvalue weighted by Gasteiger charge is -2.36. The first kappa shape index (κ1) is 19.3. The van der Waals surface area contributed by atoms with Crippen molar-refractivity contribution in [2.45, 2.75) is 13.0 Å². The topological polar surface area (TPSA) is 37.0 Å². The van der Waals surface area contributed by atoms with E-state index in [4.69, 9.17) is 33.3 Å². The fourth-order valence-corrected chi connectivity index (χ4v) is 3.89. The normalized spacial score (nSPS) is 16.2. The van der Waals surface area contributed by atoms with Crippen molar-refractivity contribution in [1.82, 2.24) is 15.1 Å². The van der Waals surface area contributed by atoms with Gasteiger partial charge in [0.1, 0.15) is 0 Å². The van der Waals surface area contributed by atoms with Gasteiger partial charge in [-0.05, 0) is 54.0 Å². The first-order chi connectivity index (χ1) is 13.7. The van der Waals surface area contributed by atoms with Crippen LogP contribution in [0.4, 0.5) is 0 Å². The van der Waals surface area contributed by atoms with E-state index in [2.05, 4.69) is 39.4 Å². The van der Waals surface area contributed by atoms with Crippen LogP contribution in [-0.4, -0.2) is 54.4 Å². The third-order valence-electron chi connectivity index (χ3n) is 5.11. The van der Waals surface area contributed by atoms with E-state index < -0.39 is 0 Å². The van der Waals surface area contributed by atoms with Crippen molar-refractivity contribution in [3.63, 3.8) is 0 Å². The Bertz CT molecular complexity index is 823. The molecule has 0 aromatic heterocycles. The Morgan fingerprint density at radius 2 is 1.68 bits per heavy atom. The standard InChI is InChI=1S/C21H24ClN3O2S/c22-18-4-1-16(2-5-18)7-8-23-21(28)25-11-9-24(10-12-25)14-17-3-6-19-20(13-17)27-15-26-19/h1-6,13H,7-12,14-15H2,(H,23,28). The van der Waals surface area contributed by atoms with Crippen LogP contribution in [0.5, 0.6) is 11.5 Å². The minimum atomic E-state index is 0.319. The van der Waals surface area contributed by atoms with Crippen LogP contribution in [0.1, 0.15) is 11.1 Å². The highest BCUT2D eigenvalue weighted by atomic mass is 35.5. The maximum absolute atomic E-state index is 5.93. The molecule has 28 heavy (non-hydrogen) atoms. The van der Waals surface area contributed by atoms with Crippen molar-refractivity contribution in [2.75, 3.05) is 39.5 Å². The molecule has 0 unspecified atom stereocenters. The summed E-state index contributed by atoms with van der Waals surface area (Å²) in [5.74, 6) is 1.69. The Balaban J connectivity index is 1.19. The van der Waals surface area contributed by atoms with Gasteiger partial charge in [0.2, 0.25) is 6.79 Å². The fraction of sp³-hybridized carbons (Fsp3) is 0.381. The first-order valence-electron chi connectivity index (χ1n) is 9.55. The van der Waals surface area contributed by atoms with E-state index in [0.29, 0.717) is 6.79 Å². The van der Waals surface area contributed by atoms with Crippen LogP contribution in [0.2, 0.25) is 5.02 Å². The molecule has 0 saturated carbocycles. The van der Waals surface area contributed by atoms with Gasteiger partial charge in [-0.3, -0.25) is 4.90 Å². The summed E-state index contributed by atoms with van der Waals surface area (Å²) in [6.07, 6.45) is 0.932. The van der Waals surface area contributed by atoms with E-state index in [1.807, 2.05) is 18.2 Å². The first-order valence-corrected chi connectivity index (χ1v) is 10.3. The van der Waals surface area contributed by atoms with Gasteiger partial charge in [0, 0.05) is 44.3 Å². The molecule has 0 spiro atoms. The Morgan fingerprint density at radius 1 is 0.964 bits per heavy atom. The molecule has 0 bridgehead atoms. The summed E-state index contributed by atoms with van der Waals surface area (Å²) in [4.78, 5) is 4.71. The van der Waals surface area contributed by atoms with Crippen molar-refractivity contribution in [3.05, 3.63) is 58.6 Å². The number of rotatable bonds is 5. The zero-order chi connectivity index (χ0) is 19.3. The minimum absolute atomic E-state index is 0.319. The number of nitrogens with zero attached hydrogens (tertiary/aromatic N) is 2. The Labute approximate surface area is 176 Å². The molecule has 4 rings (SSSR count). The van der Waals surface area contributed by atoms with E-state index in [0.717, 1.165) is 67.3 Å². The number of fused-ring (bicyclic) bond motifs is 1. The van der Waals surface area contributed by atoms with E-state index in [9.17, 15) is 0 Å². The van der Waals surface area contributed by atoms with E-state index >= 15 is 0 Å². The second-order valence-electron chi connectivity index (χ2n) is 7.06. The van der Waals surface area contributed by atoms with Crippen LogP contribution in [-0.2, 0) is 13.0 Å². The molecule has 2 aromatic carbocycles. The summed E-state index contributed by atoms with van der Waals surface area (Å²) in [5, 5.41) is 5.00. The number of hydrogen-bond acceptors (Lipinski definition) is 4. The molecule has 1 N–H and O–H groups in total. The van der Waals surface area contributed by atoms with Crippen LogP contribution in [0.25, 0.3) is 0 Å². The minimum Gasteiger partial charge on any atom is -0.454 e. The highest BCUT2D eigenvalue weighted by Gasteiger charge is 2.20. The Morgan fingerprint density at radius 3 is 2.46 bits per heavy atom. The summed E-state index contributed by atoms with van der Waals surface area (Å²) in [7, 11) is 0. The van der Waals surface area contributed by atoms with Crippen LogP contribution in [0.15, 0.2) is 42.5 Å². The molecule has 7 heteroatoms. The van der Waals surface area contributed by atoms with E-state index in [1.54, 1.807) is 0 Å². The smallest absolute Gasteiger partial charge is 0.231 e. The molecule has 148 valence electrons. The Kier molecular flexibility index (Phi) is 6.20. The van der Waals surface area contributed by atoms with Gasteiger partial charge in [-0.2, -0.15) is 0 Å². The molecule has 0 amide bonds. The van der Waals surface area contributed by atoms with Crippen molar-refractivity contribution in [2.24, 2.45) is 0 Å². The SMILES string of the molecule is S=C(NCCc1ccc(Cl)cc1)N1CCN(Cc2ccc3c(c2)OCO3)CC1. The number of thiocarbonyl (C=S) groups is 1. The van der Waals surface area contributed by atoms with Crippen LogP contribution in [0.3, 0.4) is 0 Å². The van der Waals surface area contributed by atoms with Gasteiger partial charge in [-0.1, -0.05) is 29.8 Å². The number of benzene rings is 2. The van der Waals surface area contributed by atoms with Gasteiger partial charge in [0.25, 0.3) is 0 Å². The number of hydrogen-bond donors (Lipinski definition) is 1. The van der Waals surface area contributed by atoms with E-state index in [-0.39, 0.29) is 0 Å². The maximum Gasteiger partial charge on any atom is 0.231 e. The second kappa shape index (κ2) is 8.99. The summed E-state index contributed by atoms with van der Waals surface area (Å²) < 4.78 is 10.9. The largest absolute Gasteiger partial charge is 0.454 e. The lowest BCUT2D eigenvalue weighted by Crippen LogP contribution is -2.51.